The van der Waals surface area contributed by atoms with Crippen LogP contribution in [0.25, 0.3) is 0 Å². The Morgan fingerprint density at radius 2 is 2.05 bits per heavy atom. The van der Waals surface area contributed by atoms with Crippen LogP contribution >= 0.6 is 0 Å². The number of carbonyl (C=O) groups excluding carboxylic acids is 1. The molecule has 0 saturated carbocycles. The number of urea groups is 1. The van der Waals surface area contributed by atoms with Crippen molar-refractivity contribution < 1.29 is 4.79 Å². The van der Waals surface area contributed by atoms with Gasteiger partial charge < -0.3 is 5.32 Å². The van der Waals surface area contributed by atoms with Crippen molar-refractivity contribution >= 4 is 11.8 Å². The summed E-state index contributed by atoms with van der Waals surface area (Å²) < 4.78 is 1.64. The highest BCUT2D eigenvalue weighted by Gasteiger charge is 2.05. The molecule has 0 aliphatic heterocycles. The molecule has 0 fully saturated rings. The van der Waals surface area contributed by atoms with Crippen LogP contribution in [0.2, 0.25) is 0 Å². The molecule has 0 aliphatic carbocycles. The van der Waals surface area contributed by atoms with Gasteiger partial charge in [-0.25, -0.2) is 4.79 Å². The van der Waals surface area contributed by atoms with Crippen molar-refractivity contribution in [1.29, 1.82) is 0 Å². The van der Waals surface area contributed by atoms with Crippen LogP contribution in [0.15, 0.2) is 36.4 Å². The van der Waals surface area contributed by atoms with Gasteiger partial charge in [0.15, 0.2) is 0 Å². The van der Waals surface area contributed by atoms with Gasteiger partial charge in [0, 0.05) is 19.7 Å². The van der Waals surface area contributed by atoms with E-state index in [9.17, 15) is 4.79 Å². The maximum atomic E-state index is 11.7. The summed E-state index contributed by atoms with van der Waals surface area (Å²) in [6.07, 6.45) is 0.818. The van der Waals surface area contributed by atoms with E-state index in [4.69, 9.17) is 0 Å². The zero-order valence-electron chi connectivity index (χ0n) is 11.2. The molecule has 5 heteroatoms. The van der Waals surface area contributed by atoms with Gasteiger partial charge in [-0.05, 0) is 18.9 Å². The highest BCUT2D eigenvalue weighted by atomic mass is 16.2. The van der Waals surface area contributed by atoms with Crippen LogP contribution in [0, 0.1) is 6.92 Å². The third-order valence-corrected chi connectivity index (χ3v) is 2.79. The summed E-state index contributed by atoms with van der Waals surface area (Å²) in [5.41, 5.74) is 2.08. The van der Waals surface area contributed by atoms with Crippen LogP contribution in [0.3, 0.4) is 0 Å². The van der Waals surface area contributed by atoms with Gasteiger partial charge in [-0.3, -0.25) is 10.00 Å². The molecule has 0 unspecified atom stereocenters. The van der Waals surface area contributed by atoms with Crippen molar-refractivity contribution in [2.24, 2.45) is 7.05 Å². The number of hydrogen-bond donors (Lipinski definition) is 2. The minimum atomic E-state index is -0.209. The first-order valence-corrected chi connectivity index (χ1v) is 6.24. The second-order valence-electron chi connectivity index (χ2n) is 4.41. The molecule has 1 aromatic heterocycles. The predicted molar refractivity (Wildman–Crippen MR) is 75.1 cm³/mol. The number of carbonyl (C=O) groups is 1. The molecule has 0 aliphatic rings. The maximum absolute atomic E-state index is 11.7. The first kappa shape index (κ1) is 13.1. The molecule has 0 saturated heterocycles. The van der Waals surface area contributed by atoms with Gasteiger partial charge in [-0.1, -0.05) is 30.3 Å². The van der Waals surface area contributed by atoms with Gasteiger partial charge in [0.05, 0.1) is 5.69 Å². The van der Waals surface area contributed by atoms with E-state index in [1.165, 1.54) is 5.56 Å². The normalized spacial score (nSPS) is 10.2. The average molecular weight is 258 g/mol. The lowest BCUT2D eigenvalue weighted by molar-refractivity contribution is 0.252. The number of amides is 2. The highest BCUT2D eigenvalue weighted by Crippen LogP contribution is 2.07. The van der Waals surface area contributed by atoms with Gasteiger partial charge in [-0.15, -0.1) is 0 Å². The van der Waals surface area contributed by atoms with Gasteiger partial charge in [0.1, 0.15) is 5.82 Å². The van der Waals surface area contributed by atoms with Crippen molar-refractivity contribution in [1.82, 2.24) is 15.1 Å². The topological polar surface area (TPSA) is 59.0 Å². The fourth-order valence-electron chi connectivity index (χ4n) is 1.85. The SMILES string of the molecule is Cc1cc(NC(=O)NCCc2ccccc2)n(C)n1. The molecule has 0 atom stereocenters. The third kappa shape index (κ3) is 3.84. The fourth-order valence-corrected chi connectivity index (χ4v) is 1.85. The maximum Gasteiger partial charge on any atom is 0.320 e. The van der Waals surface area contributed by atoms with Gasteiger partial charge >= 0.3 is 6.03 Å². The molecule has 5 nitrogen and oxygen atoms in total. The van der Waals surface area contributed by atoms with E-state index in [2.05, 4.69) is 15.7 Å². The molecular weight excluding hydrogens is 240 g/mol. The van der Waals surface area contributed by atoms with Crippen LogP contribution in [-0.2, 0) is 13.5 Å². The highest BCUT2D eigenvalue weighted by molar-refractivity contribution is 5.88. The zero-order valence-corrected chi connectivity index (χ0v) is 11.2. The zero-order chi connectivity index (χ0) is 13.7. The number of rotatable bonds is 4. The Labute approximate surface area is 112 Å². The number of nitrogens with zero attached hydrogens (tertiary/aromatic N) is 2. The van der Waals surface area contributed by atoms with Crippen LogP contribution in [-0.4, -0.2) is 22.4 Å². The fraction of sp³-hybridized carbons (Fsp3) is 0.286. The average Bonchev–Trinajstić information content (AvgIpc) is 2.69. The van der Waals surface area contributed by atoms with Crippen molar-refractivity contribution in [2.45, 2.75) is 13.3 Å². The van der Waals surface area contributed by atoms with E-state index in [0.717, 1.165) is 12.1 Å². The minimum absolute atomic E-state index is 0.209. The summed E-state index contributed by atoms with van der Waals surface area (Å²) in [6.45, 7) is 2.49. The Morgan fingerprint density at radius 1 is 1.32 bits per heavy atom. The van der Waals surface area contributed by atoms with E-state index in [-0.39, 0.29) is 6.03 Å². The summed E-state index contributed by atoms with van der Waals surface area (Å²) in [5.74, 6) is 0.690. The first-order valence-electron chi connectivity index (χ1n) is 6.24. The Morgan fingerprint density at radius 3 is 2.68 bits per heavy atom. The summed E-state index contributed by atoms with van der Waals surface area (Å²) in [5, 5.41) is 9.76. The van der Waals surface area contributed by atoms with Crippen LogP contribution < -0.4 is 10.6 Å². The van der Waals surface area contributed by atoms with Gasteiger partial charge in [0.2, 0.25) is 0 Å². The molecule has 1 heterocycles. The molecule has 0 bridgehead atoms. The number of benzene rings is 1. The standard InChI is InChI=1S/C14H18N4O/c1-11-10-13(18(2)17-11)16-14(19)15-9-8-12-6-4-3-5-7-12/h3-7,10H,8-9H2,1-2H3,(H2,15,16,19). The molecule has 2 aromatic rings. The Hall–Kier alpha value is -2.30. The number of nitrogens with one attached hydrogen (secondary N) is 2. The van der Waals surface area contributed by atoms with Gasteiger partial charge in [-0.2, -0.15) is 5.10 Å². The van der Waals surface area contributed by atoms with E-state index >= 15 is 0 Å². The number of anilines is 1. The number of aryl methyl sites for hydroxylation is 2. The smallest absolute Gasteiger partial charge is 0.320 e. The molecule has 0 spiro atoms. The number of aromatic nitrogens is 2. The Balaban J connectivity index is 1.78. The lowest BCUT2D eigenvalue weighted by Crippen LogP contribution is -2.31. The van der Waals surface area contributed by atoms with Crippen LogP contribution in [0.5, 0.6) is 0 Å². The third-order valence-electron chi connectivity index (χ3n) is 2.79. The summed E-state index contributed by atoms with van der Waals surface area (Å²) >= 11 is 0. The molecular formula is C14H18N4O. The molecule has 0 radical (unpaired) electrons. The number of hydrogen-bond acceptors (Lipinski definition) is 2. The van der Waals surface area contributed by atoms with E-state index in [1.54, 1.807) is 11.7 Å². The van der Waals surface area contributed by atoms with Crippen molar-refractivity contribution in [2.75, 3.05) is 11.9 Å². The quantitative estimate of drug-likeness (QED) is 0.882. The largest absolute Gasteiger partial charge is 0.337 e. The van der Waals surface area contributed by atoms with E-state index < -0.39 is 0 Å². The lowest BCUT2D eigenvalue weighted by atomic mass is 10.1. The summed E-state index contributed by atoms with van der Waals surface area (Å²) in [4.78, 5) is 11.7. The van der Waals surface area contributed by atoms with Crippen molar-refractivity contribution in [3.8, 4) is 0 Å². The Kier molecular flexibility index (Phi) is 4.18. The second-order valence-corrected chi connectivity index (χ2v) is 4.41. The van der Waals surface area contributed by atoms with Crippen molar-refractivity contribution in [3.63, 3.8) is 0 Å². The first-order chi connectivity index (χ1) is 9.15. The molecule has 2 N–H and O–H groups in total. The monoisotopic (exact) mass is 258 g/mol. The minimum Gasteiger partial charge on any atom is -0.337 e. The molecule has 19 heavy (non-hydrogen) atoms. The van der Waals surface area contributed by atoms with Crippen molar-refractivity contribution in [3.05, 3.63) is 47.7 Å². The van der Waals surface area contributed by atoms with E-state index in [0.29, 0.717) is 12.4 Å². The van der Waals surface area contributed by atoms with Gasteiger partial charge in [0.25, 0.3) is 0 Å². The summed E-state index contributed by atoms with van der Waals surface area (Å²) in [6, 6.07) is 11.7. The van der Waals surface area contributed by atoms with E-state index in [1.807, 2.05) is 43.3 Å². The Bertz CT molecular complexity index is 548. The summed E-state index contributed by atoms with van der Waals surface area (Å²) in [7, 11) is 1.80. The molecule has 100 valence electrons. The molecule has 2 amide bonds. The molecule has 2 rings (SSSR count). The lowest BCUT2D eigenvalue weighted by Gasteiger charge is -2.07. The predicted octanol–water partition coefficient (Wildman–Crippen LogP) is 2.09. The van der Waals surface area contributed by atoms with Crippen LogP contribution in [0.4, 0.5) is 10.6 Å². The second kappa shape index (κ2) is 6.04. The molecule has 1 aromatic carbocycles. The van der Waals surface area contributed by atoms with Crippen LogP contribution in [0.1, 0.15) is 11.3 Å².